The van der Waals surface area contributed by atoms with Crippen molar-refractivity contribution in [1.29, 1.82) is 0 Å². The number of carbonyl (C=O) groups excluding carboxylic acids is 1. The van der Waals surface area contributed by atoms with Crippen LogP contribution in [0.2, 0.25) is 0 Å². The van der Waals surface area contributed by atoms with Crippen molar-refractivity contribution in [3.63, 3.8) is 0 Å². The summed E-state index contributed by atoms with van der Waals surface area (Å²) in [5.41, 5.74) is 1.62. The molecule has 4 rings (SSSR count). The van der Waals surface area contributed by atoms with Gasteiger partial charge in [-0.3, -0.25) is 14.6 Å². The Morgan fingerprint density at radius 3 is 2.56 bits per heavy atom. The van der Waals surface area contributed by atoms with Crippen molar-refractivity contribution in [2.24, 2.45) is 0 Å². The highest BCUT2D eigenvalue weighted by Crippen LogP contribution is 2.41. The lowest BCUT2D eigenvalue weighted by atomic mass is 10.1. The third-order valence-corrected chi connectivity index (χ3v) is 4.22. The van der Waals surface area contributed by atoms with E-state index in [1.807, 2.05) is 4.90 Å². The molecule has 2 aliphatic rings. The first-order valence-electron chi connectivity index (χ1n) is 8.35. The molecule has 3 heterocycles. The van der Waals surface area contributed by atoms with Crippen molar-refractivity contribution in [3.05, 3.63) is 30.2 Å². The maximum Gasteiger partial charge on any atom is 0.290 e. The quantitative estimate of drug-likeness (QED) is 0.811. The average molecular weight is 373 g/mol. The summed E-state index contributed by atoms with van der Waals surface area (Å²) in [6, 6.07) is 3.56. The molecule has 142 valence electrons. The molecule has 0 saturated carbocycles. The van der Waals surface area contributed by atoms with Crippen LogP contribution in [0, 0.1) is 0 Å². The lowest BCUT2D eigenvalue weighted by Gasteiger charge is -2.15. The topological polar surface area (TPSA) is 111 Å². The number of methoxy groups -OCH3 is 1. The minimum Gasteiger partial charge on any atom is -0.496 e. The Balaban J connectivity index is 0.000000659. The summed E-state index contributed by atoms with van der Waals surface area (Å²) >= 11 is 0. The highest BCUT2D eigenvalue weighted by atomic mass is 16.7. The largest absolute Gasteiger partial charge is 0.496 e. The number of likely N-dealkylation sites (tertiary alicyclic amines) is 1. The zero-order valence-electron chi connectivity index (χ0n) is 14.8. The molecule has 9 nitrogen and oxygen atoms in total. The molecule has 2 aliphatic heterocycles. The number of amides is 1. The number of carbonyl (C=O) groups is 2. The van der Waals surface area contributed by atoms with Crippen molar-refractivity contribution in [1.82, 2.24) is 14.9 Å². The molecular formula is C18H19N3O6. The van der Waals surface area contributed by atoms with E-state index in [-0.39, 0.29) is 19.2 Å². The van der Waals surface area contributed by atoms with E-state index < -0.39 is 0 Å². The second-order valence-corrected chi connectivity index (χ2v) is 5.80. The van der Waals surface area contributed by atoms with E-state index in [4.69, 9.17) is 24.1 Å². The number of hydrogen-bond acceptors (Lipinski definition) is 7. The van der Waals surface area contributed by atoms with E-state index in [0.29, 0.717) is 34.2 Å². The second kappa shape index (κ2) is 8.35. The van der Waals surface area contributed by atoms with Crippen LogP contribution >= 0.6 is 0 Å². The summed E-state index contributed by atoms with van der Waals surface area (Å²) in [5, 5.41) is 6.89. The van der Waals surface area contributed by atoms with Crippen LogP contribution in [0.1, 0.15) is 23.3 Å². The predicted octanol–water partition coefficient (Wildman–Crippen LogP) is 1.82. The molecular weight excluding hydrogens is 354 g/mol. The van der Waals surface area contributed by atoms with Gasteiger partial charge in [0.05, 0.1) is 25.2 Å². The van der Waals surface area contributed by atoms with Gasteiger partial charge >= 0.3 is 0 Å². The molecule has 27 heavy (non-hydrogen) atoms. The van der Waals surface area contributed by atoms with Gasteiger partial charge in [0, 0.05) is 24.7 Å². The summed E-state index contributed by atoms with van der Waals surface area (Å²) in [6.45, 7) is 1.48. The van der Waals surface area contributed by atoms with Crippen LogP contribution < -0.4 is 14.2 Å². The van der Waals surface area contributed by atoms with E-state index in [1.54, 1.807) is 25.4 Å². The van der Waals surface area contributed by atoms with E-state index in [0.717, 1.165) is 25.9 Å². The molecule has 0 atom stereocenters. The predicted molar refractivity (Wildman–Crippen MR) is 94.0 cm³/mol. The van der Waals surface area contributed by atoms with E-state index in [9.17, 15) is 4.79 Å². The number of ether oxygens (including phenoxy) is 3. The molecule has 1 saturated heterocycles. The second-order valence-electron chi connectivity index (χ2n) is 5.80. The van der Waals surface area contributed by atoms with Crippen molar-refractivity contribution in [3.8, 4) is 28.5 Å². The number of aromatic nitrogens is 2. The molecule has 2 aromatic rings. The summed E-state index contributed by atoms with van der Waals surface area (Å²) in [4.78, 5) is 31.4. The van der Waals surface area contributed by atoms with Gasteiger partial charge in [0.15, 0.2) is 11.5 Å². The van der Waals surface area contributed by atoms with Crippen LogP contribution in [0.4, 0.5) is 0 Å². The Labute approximate surface area is 155 Å². The maximum absolute atomic E-state index is 12.5. The molecule has 1 fully saturated rings. The number of carboxylic acid groups (broad SMARTS) is 1. The number of fused-ring (bicyclic) bond motifs is 1. The first kappa shape index (κ1) is 18.4. The van der Waals surface area contributed by atoms with Gasteiger partial charge < -0.3 is 24.2 Å². The van der Waals surface area contributed by atoms with Gasteiger partial charge in [-0.25, -0.2) is 4.98 Å². The van der Waals surface area contributed by atoms with Gasteiger partial charge in [0.1, 0.15) is 11.4 Å². The first-order chi connectivity index (χ1) is 13.2. The standard InChI is InChI=1S/C17H17N3O4.CH2O2/c1-22-14-7-16-15(23-10-24-16)6-11(14)12-8-18-9-13(19-12)17(21)20-4-2-3-5-20;2-1-3/h6-9H,2-5,10H2,1H3;1H,(H,2,3). The van der Waals surface area contributed by atoms with Gasteiger partial charge in [-0.15, -0.1) is 0 Å². The Morgan fingerprint density at radius 2 is 1.89 bits per heavy atom. The molecule has 0 aliphatic carbocycles. The normalized spacial score (nSPS) is 14.3. The van der Waals surface area contributed by atoms with Crippen molar-refractivity contribution in [2.45, 2.75) is 12.8 Å². The molecule has 9 heteroatoms. The fraction of sp³-hybridized carbons (Fsp3) is 0.333. The first-order valence-corrected chi connectivity index (χ1v) is 8.35. The molecule has 1 amide bonds. The summed E-state index contributed by atoms with van der Waals surface area (Å²) in [7, 11) is 1.58. The zero-order chi connectivity index (χ0) is 19.2. The van der Waals surface area contributed by atoms with Gasteiger partial charge in [-0.2, -0.15) is 0 Å². The Bertz CT molecular complexity index is 836. The highest BCUT2D eigenvalue weighted by Gasteiger charge is 2.23. The van der Waals surface area contributed by atoms with E-state index >= 15 is 0 Å². The molecule has 0 radical (unpaired) electrons. The van der Waals surface area contributed by atoms with Crippen LogP contribution in [0.5, 0.6) is 17.2 Å². The third-order valence-electron chi connectivity index (χ3n) is 4.22. The van der Waals surface area contributed by atoms with Crippen molar-refractivity contribution >= 4 is 12.4 Å². The summed E-state index contributed by atoms with van der Waals surface area (Å²) < 4.78 is 16.2. The summed E-state index contributed by atoms with van der Waals surface area (Å²) in [5.74, 6) is 1.78. The fourth-order valence-electron chi connectivity index (χ4n) is 2.97. The molecule has 1 N–H and O–H groups in total. The highest BCUT2D eigenvalue weighted by molar-refractivity contribution is 5.92. The van der Waals surface area contributed by atoms with Gasteiger partial charge in [-0.05, 0) is 18.9 Å². The Hall–Kier alpha value is -3.36. The van der Waals surface area contributed by atoms with Crippen molar-refractivity contribution in [2.75, 3.05) is 27.0 Å². The molecule has 0 bridgehead atoms. The van der Waals surface area contributed by atoms with Crippen LogP contribution in [-0.2, 0) is 4.79 Å². The monoisotopic (exact) mass is 373 g/mol. The molecule has 1 aromatic carbocycles. The zero-order valence-corrected chi connectivity index (χ0v) is 14.8. The molecule has 0 unspecified atom stereocenters. The smallest absolute Gasteiger partial charge is 0.290 e. The minimum absolute atomic E-state index is 0.0819. The van der Waals surface area contributed by atoms with Crippen LogP contribution in [-0.4, -0.2) is 59.3 Å². The van der Waals surface area contributed by atoms with Gasteiger partial charge in [0.25, 0.3) is 12.4 Å². The number of rotatable bonds is 3. The third kappa shape index (κ3) is 3.91. The Morgan fingerprint density at radius 1 is 1.22 bits per heavy atom. The number of nitrogens with zero attached hydrogens (tertiary/aromatic N) is 3. The van der Waals surface area contributed by atoms with E-state index in [1.165, 1.54) is 6.20 Å². The lowest BCUT2D eigenvalue weighted by Crippen LogP contribution is -2.28. The van der Waals surface area contributed by atoms with E-state index in [2.05, 4.69) is 9.97 Å². The van der Waals surface area contributed by atoms with Crippen LogP contribution in [0.25, 0.3) is 11.3 Å². The van der Waals surface area contributed by atoms with Crippen LogP contribution in [0.3, 0.4) is 0 Å². The fourth-order valence-corrected chi connectivity index (χ4v) is 2.97. The lowest BCUT2D eigenvalue weighted by molar-refractivity contribution is -0.122. The van der Waals surface area contributed by atoms with Crippen LogP contribution in [0.15, 0.2) is 24.5 Å². The Kier molecular flexibility index (Phi) is 5.70. The SMILES string of the molecule is COc1cc2c(cc1-c1cncc(C(=O)N3CCCC3)n1)OCO2.O=CO. The van der Waals surface area contributed by atoms with Gasteiger partial charge in [-0.1, -0.05) is 0 Å². The van der Waals surface area contributed by atoms with Gasteiger partial charge in [0.2, 0.25) is 6.79 Å². The maximum atomic E-state index is 12.5. The summed E-state index contributed by atoms with van der Waals surface area (Å²) in [6.07, 6.45) is 5.19. The number of benzene rings is 1. The minimum atomic E-state index is -0.250. The number of hydrogen-bond donors (Lipinski definition) is 1. The molecule has 1 aromatic heterocycles. The average Bonchev–Trinajstić information content (AvgIpc) is 3.38. The van der Waals surface area contributed by atoms with Crippen molar-refractivity contribution < 1.29 is 28.9 Å². The molecule has 0 spiro atoms.